The van der Waals surface area contributed by atoms with Gasteiger partial charge in [0.25, 0.3) is 5.91 Å². The molecule has 0 aliphatic carbocycles. The smallest absolute Gasteiger partial charge is 0.255 e. The van der Waals surface area contributed by atoms with Gasteiger partial charge >= 0.3 is 0 Å². The summed E-state index contributed by atoms with van der Waals surface area (Å²) in [4.78, 5) is 20.4. The van der Waals surface area contributed by atoms with Gasteiger partial charge in [-0.25, -0.2) is 4.98 Å². The molecule has 1 fully saturated rings. The van der Waals surface area contributed by atoms with E-state index in [0.29, 0.717) is 17.9 Å². The number of amides is 1. The highest BCUT2D eigenvalue weighted by Crippen LogP contribution is 2.28. The third-order valence-electron chi connectivity index (χ3n) is 6.75. The highest BCUT2D eigenvalue weighted by atomic mass is 16.5. The Balaban J connectivity index is 1.29. The number of carbonyl (C=O) groups excluding carboxylic acids is 1. The molecule has 0 bridgehead atoms. The van der Waals surface area contributed by atoms with Crippen LogP contribution in [0.5, 0.6) is 11.5 Å². The number of para-hydroxylation sites is 1. The first-order chi connectivity index (χ1) is 17.6. The number of benzene rings is 2. The van der Waals surface area contributed by atoms with E-state index in [4.69, 9.17) is 9.47 Å². The maximum Gasteiger partial charge on any atom is 0.255 e. The average molecular weight is 485 g/mol. The van der Waals surface area contributed by atoms with Gasteiger partial charge in [0.1, 0.15) is 23.8 Å². The van der Waals surface area contributed by atoms with Gasteiger partial charge in [0.2, 0.25) is 0 Å². The van der Waals surface area contributed by atoms with Crippen LogP contribution in [0.15, 0.2) is 73.1 Å². The van der Waals surface area contributed by atoms with Crippen LogP contribution in [0.2, 0.25) is 0 Å². The number of hydrogen-bond donors (Lipinski definition) is 1. The van der Waals surface area contributed by atoms with Gasteiger partial charge < -0.3 is 19.2 Å². The summed E-state index contributed by atoms with van der Waals surface area (Å²) in [5.74, 6) is 1.22. The van der Waals surface area contributed by atoms with Crippen molar-refractivity contribution in [2.75, 3.05) is 26.7 Å². The summed E-state index contributed by atoms with van der Waals surface area (Å²) in [5, 5.41) is 3.16. The van der Waals surface area contributed by atoms with Gasteiger partial charge in [-0.05, 0) is 74.3 Å². The quantitative estimate of drug-likeness (QED) is 0.370. The molecule has 1 saturated heterocycles. The zero-order valence-corrected chi connectivity index (χ0v) is 20.8. The van der Waals surface area contributed by atoms with Crippen molar-refractivity contribution in [3.63, 3.8) is 0 Å². The summed E-state index contributed by atoms with van der Waals surface area (Å²) in [5.41, 5.74) is 4.48. The fraction of sp³-hybridized carbons (Fsp3) is 0.310. The molecule has 2 aromatic carbocycles. The van der Waals surface area contributed by atoms with Crippen LogP contribution < -0.4 is 14.8 Å². The summed E-state index contributed by atoms with van der Waals surface area (Å²) in [7, 11) is 1.68. The minimum Gasteiger partial charge on any atom is -0.497 e. The second-order valence-electron chi connectivity index (χ2n) is 9.18. The molecule has 186 valence electrons. The minimum atomic E-state index is -0.150. The van der Waals surface area contributed by atoms with Crippen LogP contribution in [-0.2, 0) is 6.61 Å². The first-order valence-electron chi connectivity index (χ1n) is 12.4. The first-order valence-corrected chi connectivity index (χ1v) is 12.4. The number of likely N-dealkylation sites (tertiary alicyclic amines) is 1. The number of aryl methyl sites for hydroxylation is 1. The summed E-state index contributed by atoms with van der Waals surface area (Å²) in [6.07, 6.45) is 6.28. The molecule has 5 rings (SSSR count). The van der Waals surface area contributed by atoms with Crippen molar-refractivity contribution in [2.24, 2.45) is 0 Å². The lowest BCUT2D eigenvalue weighted by atomic mass is 10.0. The largest absolute Gasteiger partial charge is 0.497 e. The van der Waals surface area contributed by atoms with Gasteiger partial charge in [-0.15, -0.1) is 0 Å². The number of hydrogen-bond acceptors (Lipinski definition) is 5. The Hall–Kier alpha value is -3.84. The molecule has 1 N–H and O–H groups in total. The Morgan fingerprint density at radius 2 is 1.92 bits per heavy atom. The van der Waals surface area contributed by atoms with Crippen molar-refractivity contribution in [3.05, 3.63) is 95.4 Å². The third-order valence-corrected chi connectivity index (χ3v) is 6.75. The van der Waals surface area contributed by atoms with Crippen LogP contribution in [0.4, 0.5) is 0 Å². The monoisotopic (exact) mass is 484 g/mol. The Morgan fingerprint density at radius 1 is 1.08 bits per heavy atom. The number of ether oxygens (including phenoxy) is 2. The first kappa shape index (κ1) is 23.9. The molecular formula is C29H32N4O3. The van der Waals surface area contributed by atoms with Crippen molar-refractivity contribution >= 4 is 11.6 Å². The van der Waals surface area contributed by atoms with Gasteiger partial charge in [0, 0.05) is 18.9 Å². The van der Waals surface area contributed by atoms with Crippen LogP contribution in [0.25, 0.3) is 5.65 Å². The average Bonchev–Trinajstić information content (AvgIpc) is 3.59. The SMILES string of the molecule is COc1cccc(C(CNC(=O)c2ccccc2OCc2cn3cccc(C)c3n2)N2CCCC2)c1. The highest BCUT2D eigenvalue weighted by molar-refractivity contribution is 5.96. The van der Waals surface area contributed by atoms with Crippen LogP contribution in [0, 0.1) is 6.92 Å². The summed E-state index contributed by atoms with van der Waals surface area (Å²) >= 11 is 0. The van der Waals surface area contributed by atoms with Crippen molar-refractivity contribution < 1.29 is 14.3 Å². The maximum absolute atomic E-state index is 13.3. The van der Waals surface area contributed by atoms with E-state index in [-0.39, 0.29) is 18.6 Å². The van der Waals surface area contributed by atoms with Gasteiger partial charge in [-0.3, -0.25) is 9.69 Å². The van der Waals surface area contributed by atoms with Crippen LogP contribution in [0.1, 0.15) is 46.1 Å². The molecule has 36 heavy (non-hydrogen) atoms. The number of nitrogens with zero attached hydrogens (tertiary/aromatic N) is 3. The lowest BCUT2D eigenvalue weighted by Gasteiger charge is -2.28. The molecular weight excluding hydrogens is 452 g/mol. The molecule has 7 heteroatoms. The fourth-order valence-corrected chi connectivity index (χ4v) is 4.85. The number of methoxy groups -OCH3 is 1. The minimum absolute atomic E-state index is 0.0841. The Kier molecular flexibility index (Phi) is 7.18. The fourth-order valence-electron chi connectivity index (χ4n) is 4.85. The van der Waals surface area contributed by atoms with Crippen LogP contribution in [-0.4, -0.2) is 46.9 Å². The number of fused-ring (bicyclic) bond motifs is 1. The molecule has 7 nitrogen and oxygen atoms in total. The van der Waals surface area contributed by atoms with Crippen LogP contribution >= 0.6 is 0 Å². The van der Waals surface area contributed by atoms with Gasteiger partial charge in [0.05, 0.1) is 24.4 Å². The van der Waals surface area contributed by atoms with Gasteiger partial charge in [0.15, 0.2) is 0 Å². The van der Waals surface area contributed by atoms with E-state index in [1.165, 1.54) is 12.8 Å². The molecule has 1 aliphatic rings. The molecule has 2 aromatic heterocycles. The van der Waals surface area contributed by atoms with E-state index in [1.54, 1.807) is 13.2 Å². The number of imidazole rings is 1. The molecule has 1 atom stereocenters. The van der Waals surface area contributed by atoms with E-state index in [2.05, 4.69) is 27.3 Å². The Bertz CT molecular complexity index is 1340. The van der Waals surface area contributed by atoms with Gasteiger partial charge in [-0.1, -0.05) is 30.3 Å². The molecule has 4 aromatic rings. The topological polar surface area (TPSA) is 68.1 Å². The number of rotatable bonds is 9. The van der Waals surface area contributed by atoms with Crippen molar-refractivity contribution in [1.29, 1.82) is 0 Å². The Labute approximate surface area is 211 Å². The predicted octanol–water partition coefficient (Wildman–Crippen LogP) is 4.80. The number of nitrogens with one attached hydrogen (secondary N) is 1. The standard InChI is InChI=1S/C29H32N4O3/c1-21-9-8-16-33-19-23(31-28(21)33)20-36-27-13-4-3-12-25(27)29(34)30-18-26(32-14-5-6-15-32)22-10-7-11-24(17-22)35-2/h3-4,7-13,16-17,19,26H,5-6,14-15,18,20H2,1-2H3,(H,30,34). The number of aromatic nitrogens is 2. The normalized spacial score (nSPS) is 14.6. The lowest BCUT2D eigenvalue weighted by molar-refractivity contribution is 0.0933. The van der Waals surface area contributed by atoms with E-state index in [0.717, 1.165) is 41.3 Å². The second kappa shape index (κ2) is 10.8. The summed E-state index contributed by atoms with van der Waals surface area (Å²) in [6, 6.07) is 19.6. The molecule has 1 amide bonds. The van der Waals surface area contributed by atoms with E-state index < -0.39 is 0 Å². The zero-order chi connectivity index (χ0) is 24.9. The number of pyridine rings is 1. The second-order valence-corrected chi connectivity index (χ2v) is 9.18. The summed E-state index contributed by atoms with van der Waals surface area (Å²) in [6.45, 7) is 4.87. The molecule has 1 aliphatic heterocycles. The van der Waals surface area contributed by atoms with E-state index in [1.807, 2.05) is 66.2 Å². The van der Waals surface area contributed by atoms with Crippen molar-refractivity contribution in [2.45, 2.75) is 32.4 Å². The zero-order valence-electron chi connectivity index (χ0n) is 20.8. The Morgan fingerprint density at radius 3 is 2.72 bits per heavy atom. The van der Waals surface area contributed by atoms with E-state index >= 15 is 0 Å². The summed E-state index contributed by atoms with van der Waals surface area (Å²) < 4.78 is 13.5. The highest BCUT2D eigenvalue weighted by Gasteiger charge is 2.25. The molecule has 0 saturated carbocycles. The van der Waals surface area contributed by atoms with Crippen molar-refractivity contribution in [1.82, 2.24) is 19.6 Å². The third kappa shape index (κ3) is 5.21. The maximum atomic E-state index is 13.3. The van der Waals surface area contributed by atoms with Crippen LogP contribution in [0.3, 0.4) is 0 Å². The molecule has 1 unspecified atom stereocenters. The predicted molar refractivity (Wildman–Crippen MR) is 140 cm³/mol. The number of carbonyl (C=O) groups is 1. The molecule has 0 radical (unpaired) electrons. The van der Waals surface area contributed by atoms with E-state index in [9.17, 15) is 4.79 Å². The molecule has 3 heterocycles. The van der Waals surface area contributed by atoms with Crippen molar-refractivity contribution in [3.8, 4) is 11.5 Å². The molecule has 0 spiro atoms. The van der Waals surface area contributed by atoms with Gasteiger partial charge in [-0.2, -0.15) is 0 Å². The lowest BCUT2D eigenvalue weighted by Crippen LogP contribution is -2.37.